The number of phenols is 4. The Hall–Kier alpha value is -5.37. The van der Waals surface area contributed by atoms with E-state index in [1.54, 1.807) is 0 Å². The van der Waals surface area contributed by atoms with E-state index in [1.807, 2.05) is 0 Å². The van der Waals surface area contributed by atoms with Gasteiger partial charge in [-0.1, -0.05) is 12.1 Å². The number of benzene rings is 2. The van der Waals surface area contributed by atoms with E-state index in [9.17, 15) is 49.5 Å². The molecule has 5 N–H and O–H groups in total. The van der Waals surface area contributed by atoms with Crippen molar-refractivity contribution in [2.75, 3.05) is 14.2 Å². The number of rotatable bonds is 12. The van der Waals surface area contributed by atoms with Crippen molar-refractivity contribution >= 4 is 41.8 Å². The summed E-state index contributed by atoms with van der Waals surface area (Å²) >= 11 is 0. The highest BCUT2D eigenvalue weighted by Gasteiger charge is 2.41. The zero-order valence-electron chi connectivity index (χ0n) is 21.6. The van der Waals surface area contributed by atoms with E-state index in [1.165, 1.54) is 12.1 Å². The number of phenolic OH excluding ortho intramolecular Hbond substituents is 4. The van der Waals surface area contributed by atoms with Crippen LogP contribution in [-0.2, 0) is 42.9 Å². The first kappa shape index (κ1) is 31.8. The van der Waals surface area contributed by atoms with Crippen LogP contribution in [0, 0.1) is 0 Å². The molecule has 0 aliphatic rings. The molecule has 2 aromatic carbocycles. The number of methoxy groups -OCH3 is 2. The smallest absolute Gasteiger partial charge is 0.374 e. The third-order valence-corrected chi connectivity index (χ3v) is 5.26. The molecule has 14 nitrogen and oxygen atoms in total. The summed E-state index contributed by atoms with van der Waals surface area (Å²) in [6.07, 6.45) is -3.37. The van der Waals surface area contributed by atoms with Crippen LogP contribution >= 0.6 is 0 Å². The Kier molecular flexibility index (Phi) is 11.4. The monoisotopic (exact) mass is 574 g/mol. The van der Waals surface area contributed by atoms with E-state index in [-0.39, 0.29) is 11.1 Å². The second kappa shape index (κ2) is 14.7. The van der Waals surface area contributed by atoms with E-state index in [4.69, 9.17) is 9.47 Å². The first-order valence-electron chi connectivity index (χ1n) is 11.5. The molecular weight excluding hydrogens is 548 g/mol. The molecule has 0 aliphatic carbocycles. The molecule has 218 valence electrons. The molecule has 0 bridgehead atoms. The van der Waals surface area contributed by atoms with Crippen molar-refractivity contribution < 1.29 is 68.5 Å². The maximum atomic E-state index is 12.6. The van der Waals surface area contributed by atoms with Crippen LogP contribution in [-0.4, -0.2) is 87.7 Å². The minimum Gasteiger partial charge on any atom is -0.504 e. The van der Waals surface area contributed by atoms with Crippen LogP contribution in [0.25, 0.3) is 12.2 Å². The number of hydrogen-bond donors (Lipinski definition) is 5. The molecule has 2 rings (SSSR count). The number of esters is 4. The van der Waals surface area contributed by atoms with E-state index in [2.05, 4.69) is 9.47 Å². The summed E-state index contributed by atoms with van der Waals surface area (Å²) < 4.78 is 19.1. The molecular formula is C27H26O14. The van der Waals surface area contributed by atoms with Gasteiger partial charge >= 0.3 is 23.9 Å². The fourth-order valence-corrected chi connectivity index (χ4v) is 3.18. The molecule has 0 spiro atoms. The van der Waals surface area contributed by atoms with Crippen molar-refractivity contribution in [1.29, 1.82) is 0 Å². The van der Waals surface area contributed by atoms with Gasteiger partial charge in [0, 0.05) is 12.2 Å². The number of carbonyl (C=O) groups excluding carboxylic acids is 5. The summed E-state index contributed by atoms with van der Waals surface area (Å²) in [7, 11) is 1.81. The van der Waals surface area contributed by atoms with Gasteiger partial charge in [0.15, 0.2) is 35.2 Å². The van der Waals surface area contributed by atoms with Gasteiger partial charge in [-0.3, -0.25) is 4.79 Å². The van der Waals surface area contributed by atoms with Gasteiger partial charge in [-0.05, 0) is 47.5 Å². The minimum atomic E-state index is -2.30. The van der Waals surface area contributed by atoms with Gasteiger partial charge in [-0.2, -0.15) is 0 Å². The summed E-state index contributed by atoms with van der Waals surface area (Å²) in [5.74, 6) is -8.14. The second-order valence-electron chi connectivity index (χ2n) is 8.13. The molecule has 0 aromatic heterocycles. The fourth-order valence-electron chi connectivity index (χ4n) is 3.18. The van der Waals surface area contributed by atoms with Crippen molar-refractivity contribution in [3.63, 3.8) is 0 Å². The number of carbonyl (C=O) groups is 5. The zero-order valence-corrected chi connectivity index (χ0v) is 21.6. The van der Waals surface area contributed by atoms with E-state index < -0.39 is 77.4 Å². The van der Waals surface area contributed by atoms with E-state index in [0.717, 1.165) is 62.8 Å². The van der Waals surface area contributed by atoms with E-state index >= 15 is 0 Å². The number of Topliss-reactive ketones (excluding diaryl/α,β-unsaturated/α-hetero) is 1. The highest BCUT2D eigenvalue weighted by atomic mass is 16.6. The van der Waals surface area contributed by atoms with Crippen molar-refractivity contribution in [3.8, 4) is 23.0 Å². The third kappa shape index (κ3) is 9.40. The maximum Gasteiger partial charge on any atom is 0.374 e. The largest absolute Gasteiger partial charge is 0.504 e. The quantitative estimate of drug-likeness (QED) is 0.0775. The molecule has 3 unspecified atom stereocenters. The molecule has 0 amide bonds. The molecule has 41 heavy (non-hydrogen) atoms. The summed E-state index contributed by atoms with van der Waals surface area (Å²) in [6, 6.07) is 7.18. The molecule has 3 atom stereocenters. The Balaban J connectivity index is 2.36. The zero-order chi connectivity index (χ0) is 30.7. The molecule has 0 saturated heterocycles. The normalized spacial score (nSPS) is 13.2. The van der Waals surface area contributed by atoms with Crippen LogP contribution < -0.4 is 0 Å². The van der Waals surface area contributed by atoms with Gasteiger partial charge in [0.25, 0.3) is 0 Å². The molecule has 0 saturated carbocycles. The van der Waals surface area contributed by atoms with Gasteiger partial charge in [-0.25, -0.2) is 19.2 Å². The average molecular weight is 574 g/mol. The lowest BCUT2D eigenvalue weighted by molar-refractivity contribution is -0.182. The highest BCUT2D eigenvalue weighted by Crippen LogP contribution is 2.26. The van der Waals surface area contributed by atoms with Gasteiger partial charge in [0.2, 0.25) is 5.78 Å². The Morgan fingerprint density at radius 1 is 0.732 bits per heavy atom. The summed E-state index contributed by atoms with van der Waals surface area (Å²) in [6.45, 7) is 0. The van der Waals surface area contributed by atoms with Crippen LogP contribution in [0.2, 0.25) is 0 Å². The molecule has 2 aromatic rings. The van der Waals surface area contributed by atoms with Gasteiger partial charge in [0.05, 0.1) is 20.6 Å². The number of aliphatic hydroxyl groups excluding tert-OH is 1. The lowest BCUT2D eigenvalue weighted by Gasteiger charge is -2.28. The Labute approximate surface area is 232 Å². The molecule has 0 heterocycles. The van der Waals surface area contributed by atoms with Crippen LogP contribution in [0.1, 0.15) is 17.5 Å². The predicted octanol–water partition coefficient (Wildman–Crippen LogP) is 0.725. The van der Waals surface area contributed by atoms with Crippen LogP contribution in [0.4, 0.5) is 0 Å². The summed E-state index contributed by atoms with van der Waals surface area (Å²) in [4.78, 5) is 61.3. The Morgan fingerprint density at radius 2 is 1.22 bits per heavy atom. The predicted molar refractivity (Wildman–Crippen MR) is 137 cm³/mol. The number of aliphatic hydroxyl groups is 1. The number of ketones is 1. The van der Waals surface area contributed by atoms with Crippen molar-refractivity contribution in [1.82, 2.24) is 0 Å². The van der Waals surface area contributed by atoms with Gasteiger partial charge < -0.3 is 44.5 Å². The minimum absolute atomic E-state index is 0.233. The van der Waals surface area contributed by atoms with Crippen LogP contribution in [0.5, 0.6) is 23.0 Å². The van der Waals surface area contributed by atoms with Gasteiger partial charge in [-0.15, -0.1) is 0 Å². The van der Waals surface area contributed by atoms with Crippen molar-refractivity contribution in [3.05, 3.63) is 59.7 Å². The second-order valence-corrected chi connectivity index (χ2v) is 8.13. The Morgan fingerprint density at radius 3 is 1.66 bits per heavy atom. The Bertz CT molecular complexity index is 1360. The lowest BCUT2D eigenvalue weighted by Crippen LogP contribution is -2.48. The summed E-state index contributed by atoms with van der Waals surface area (Å²) in [5.41, 5.74) is 0.471. The average Bonchev–Trinajstić information content (AvgIpc) is 2.95. The van der Waals surface area contributed by atoms with Crippen molar-refractivity contribution in [2.24, 2.45) is 0 Å². The summed E-state index contributed by atoms with van der Waals surface area (Å²) in [5, 5.41) is 48.5. The first-order chi connectivity index (χ1) is 19.4. The SMILES string of the molecule is COC(=O)C(=O)CC(OC(=O)C=Cc1ccc(O)c(O)c1)C(OC(=O)C=Cc1ccc(O)c(O)c1)C(O)C(=O)OC. The lowest BCUT2D eigenvalue weighted by atomic mass is 10.0. The molecule has 0 aliphatic heterocycles. The standard InChI is InChI=1S/C27H26O14/c1-38-26(36)20(32)13-21(40-22(33)9-5-14-3-7-16(28)18(30)11-14)25(24(35)27(37)39-2)41-23(34)10-6-15-4-8-17(29)19(31)12-15/h3-12,21,24-25,28-31,35H,13H2,1-2H3. The number of hydrogen-bond acceptors (Lipinski definition) is 14. The maximum absolute atomic E-state index is 12.6. The topological polar surface area (TPSA) is 223 Å². The van der Waals surface area contributed by atoms with Gasteiger partial charge in [0.1, 0.15) is 6.10 Å². The fraction of sp³-hybridized carbons (Fsp3) is 0.222. The number of ether oxygens (including phenoxy) is 4. The van der Waals surface area contributed by atoms with Crippen LogP contribution in [0.3, 0.4) is 0 Å². The first-order valence-corrected chi connectivity index (χ1v) is 11.5. The molecule has 14 heteroatoms. The molecule has 0 radical (unpaired) electrons. The third-order valence-electron chi connectivity index (χ3n) is 5.26. The highest BCUT2D eigenvalue weighted by molar-refractivity contribution is 6.33. The van der Waals surface area contributed by atoms with Crippen LogP contribution in [0.15, 0.2) is 48.6 Å². The number of aromatic hydroxyl groups is 4. The van der Waals surface area contributed by atoms with E-state index in [0.29, 0.717) is 0 Å². The molecule has 0 fully saturated rings. The van der Waals surface area contributed by atoms with Crippen molar-refractivity contribution in [2.45, 2.75) is 24.7 Å².